The van der Waals surface area contributed by atoms with Crippen molar-refractivity contribution in [1.29, 1.82) is 0 Å². The fourth-order valence-electron chi connectivity index (χ4n) is 2.96. The van der Waals surface area contributed by atoms with E-state index < -0.39 is 11.4 Å². The molecule has 2 heterocycles. The van der Waals surface area contributed by atoms with Gasteiger partial charge in [0.25, 0.3) is 11.8 Å². The summed E-state index contributed by atoms with van der Waals surface area (Å²) in [6.07, 6.45) is 4.84. The van der Waals surface area contributed by atoms with Crippen molar-refractivity contribution in [2.45, 2.75) is 18.4 Å². The summed E-state index contributed by atoms with van der Waals surface area (Å²) in [6.45, 7) is 1.33. The molecule has 2 aromatic rings. The first-order valence-corrected chi connectivity index (χ1v) is 8.14. The number of ether oxygens (including phenoxy) is 1. The van der Waals surface area contributed by atoms with E-state index in [1.165, 1.54) is 0 Å². The molecule has 1 aromatic carbocycles. The number of carbonyl (C=O) groups is 2. The number of rotatable bonds is 6. The van der Waals surface area contributed by atoms with Crippen molar-refractivity contribution < 1.29 is 14.3 Å². The summed E-state index contributed by atoms with van der Waals surface area (Å²) < 4.78 is 6.96. The Hall–Kier alpha value is -2.87. The molecule has 2 amide bonds. The van der Waals surface area contributed by atoms with Crippen LogP contribution >= 0.6 is 0 Å². The lowest BCUT2D eigenvalue weighted by molar-refractivity contribution is -0.126. The first kappa shape index (κ1) is 17.0. The predicted molar refractivity (Wildman–Crippen MR) is 92.1 cm³/mol. The van der Waals surface area contributed by atoms with Crippen molar-refractivity contribution in [1.82, 2.24) is 15.1 Å². The molecule has 3 rings (SSSR count). The molecule has 1 saturated heterocycles. The van der Waals surface area contributed by atoms with Gasteiger partial charge in [-0.1, -0.05) is 0 Å². The topological polar surface area (TPSA) is 111 Å². The third-order valence-corrected chi connectivity index (χ3v) is 4.29. The zero-order chi connectivity index (χ0) is 17.7. The Morgan fingerprint density at radius 3 is 2.60 bits per heavy atom. The number of benzene rings is 1. The fraction of sp³-hybridized carbons (Fsp3) is 0.353. The van der Waals surface area contributed by atoms with Gasteiger partial charge in [0.1, 0.15) is 11.3 Å². The van der Waals surface area contributed by atoms with E-state index in [0.717, 1.165) is 13.1 Å². The van der Waals surface area contributed by atoms with Gasteiger partial charge in [-0.15, -0.1) is 0 Å². The molecule has 0 aliphatic carbocycles. The maximum absolute atomic E-state index is 13.0. The molecule has 4 N–H and O–H groups in total. The van der Waals surface area contributed by atoms with Crippen LogP contribution in [0, 0.1) is 0 Å². The lowest BCUT2D eigenvalue weighted by Gasteiger charge is -2.36. The summed E-state index contributed by atoms with van der Waals surface area (Å²) in [7, 11) is 0. The highest BCUT2D eigenvalue weighted by molar-refractivity contribution is 5.96. The minimum absolute atomic E-state index is 0.0940. The Bertz CT molecular complexity index is 721. The SMILES string of the molecule is NC(=O)COc1ccc(NC(=O)C2(n3cccn3)CCNCC2)cc1. The number of hydrogen-bond acceptors (Lipinski definition) is 5. The first-order chi connectivity index (χ1) is 12.1. The molecule has 0 spiro atoms. The molecule has 8 nitrogen and oxygen atoms in total. The van der Waals surface area contributed by atoms with Crippen LogP contribution in [0.15, 0.2) is 42.7 Å². The Morgan fingerprint density at radius 2 is 2.00 bits per heavy atom. The van der Waals surface area contributed by atoms with Crippen LogP contribution in [0.4, 0.5) is 5.69 Å². The number of amides is 2. The number of primary amides is 1. The molecule has 0 atom stereocenters. The van der Waals surface area contributed by atoms with Crippen molar-refractivity contribution in [3.8, 4) is 5.75 Å². The summed E-state index contributed by atoms with van der Waals surface area (Å²) >= 11 is 0. The van der Waals surface area contributed by atoms with Crippen molar-refractivity contribution in [2.75, 3.05) is 25.0 Å². The summed E-state index contributed by atoms with van der Waals surface area (Å²) in [4.78, 5) is 23.7. The average Bonchev–Trinajstić information content (AvgIpc) is 3.17. The molecule has 25 heavy (non-hydrogen) atoms. The smallest absolute Gasteiger partial charge is 0.255 e. The van der Waals surface area contributed by atoms with Crippen LogP contribution in [0.5, 0.6) is 5.75 Å². The van der Waals surface area contributed by atoms with Crippen molar-refractivity contribution in [2.24, 2.45) is 5.73 Å². The summed E-state index contributed by atoms with van der Waals surface area (Å²) in [5, 5.41) is 10.5. The van der Waals surface area contributed by atoms with Gasteiger partial charge in [0, 0.05) is 18.1 Å². The number of nitrogens with two attached hydrogens (primary N) is 1. The normalized spacial score (nSPS) is 16.2. The van der Waals surface area contributed by atoms with Gasteiger partial charge in [-0.25, -0.2) is 0 Å². The number of anilines is 1. The quantitative estimate of drug-likeness (QED) is 0.706. The Morgan fingerprint density at radius 1 is 1.28 bits per heavy atom. The number of nitrogens with one attached hydrogen (secondary N) is 2. The summed E-state index contributed by atoms with van der Waals surface area (Å²) in [5.74, 6) is -0.117. The molecule has 8 heteroatoms. The van der Waals surface area contributed by atoms with Crippen molar-refractivity contribution >= 4 is 17.5 Å². The van der Waals surface area contributed by atoms with E-state index in [0.29, 0.717) is 24.3 Å². The fourth-order valence-corrected chi connectivity index (χ4v) is 2.96. The van der Waals surface area contributed by atoms with Gasteiger partial charge in [0.05, 0.1) is 0 Å². The minimum Gasteiger partial charge on any atom is -0.484 e. The summed E-state index contributed by atoms with van der Waals surface area (Å²) in [5.41, 5.74) is 5.00. The third kappa shape index (κ3) is 3.80. The molecule has 0 saturated carbocycles. The monoisotopic (exact) mass is 343 g/mol. The first-order valence-electron chi connectivity index (χ1n) is 8.14. The van der Waals surface area contributed by atoms with Gasteiger partial charge in [-0.05, 0) is 56.3 Å². The zero-order valence-corrected chi connectivity index (χ0v) is 13.8. The van der Waals surface area contributed by atoms with Gasteiger partial charge < -0.3 is 21.1 Å². The zero-order valence-electron chi connectivity index (χ0n) is 13.8. The van der Waals surface area contributed by atoms with E-state index >= 15 is 0 Å². The van der Waals surface area contributed by atoms with Crippen molar-refractivity contribution in [3.63, 3.8) is 0 Å². The van der Waals surface area contributed by atoms with E-state index in [9.17, 15) is 9.59 Å². The van der Waals surface area contributed by atoms with Gasteiger partial charge >= 0.3 is 0 Å². The molecule has 1 aliphatic rings. The summed E-state index contributed by atoms with van der Waals surface area (Å²) in [6, 6.07) is 8.64. The number of piperidine rings is 1. The number of nitrogens with zero attached hydrogens (tertiary/aromatic N) is 2. The largest absolute Gasteiger partial charge is 0.484 e. The molecule has 0 radical (unpaired) electrons. The highest BCUT2D eigenvalue weighted by Gasteiger charge is 2.42. The Labute approximate surface area is 145 Å². The maximum Gasteiger partial charge on any atom is 0.255 e. The van der Waals surface area contributed by atoms with Crippen LogP contribution < -0.4 is 21.1 Å². The second kappa shape index (κ2) is 7.35. The van der Waals surface area contributed by atoms with E-state index in [1.54, 1.807) is 35.1 Å². The van der Waals surface area contributed by atoms with Gasteiger partial charge in [-0.3, -0.25) is 14.3 Å². The number of hydrogen-bond donors (Lipinski definition) is 3. The molecule has 1 aromatic heterocycles. The van der Waals surface area contributed by atoms with Crippen LogP contribution in [0.2, 0.25) is 0 Å². The predicted octanol–water partition coefficient (Wildman–Crippen LogP) is 0.465. The van der Waals surface area contributed by atoms with Crippen LogP contribution in [-0.4, -0.2) is 41.3 Å². The van der Waals surface area contributed by atoms with Gasteiger partial charge in [0.15, 0.2) is 6.61 Å². The minimum atomic E-state index is -0.699. The Balaban J connectivity index is 1.72. The van der Waals surface area contributed by atoms with E-state index in [1.807, 2.05) is 12.3 Å². The van der Waals surface area contributed by atoms with E-state index in [-0.39, 0.29) is 12.5 Å². The van der Waals surface area contributed by atoms with Crippen LogP contribution in [0.25, 0.3) is 0 Å². The third-order valence-electron chi connectivity index (χ3n) is 4.29. The highest BCUT2D eigenvalue weighted by atomic mass is 16.5. The van der Waals surface area contributed by atoms with Crippen LogP contribution in [0.1, 0.15) is 12.8 Å². The molecule has 1 fully saturated rings. The lowest BCUT2D eigenvalue weighted by atomic mass is 9.87. The highest BCUT2D eigenvalue weighted by Crippen LogP contribution is 2.29. The standard InChI is InChI=1S/C17H21N5O3/c18-15(23)12-25-14-4-2-13(3-5-14)21-16(24)17(6-9-19-10-7-17)22-11-1-8-20-22/h1-5,8,11,19H,6-7,9-10,12H2,(H2,18,23)(H,21,24). The second-order valence-corrected chi connectivity index (χ2v) is 5.97. The molecule has 0 bridgehead atoms. The van der Waals surface area contributed by atoms with E-state index in [2.05, 4.69) is 15.7 Å². The van der Waals surface area contributed by atoms with Gasteiger partial charge in [0.2, 0.25) is 0 Å². The van der Waals surface area contributed by atoms with E-state index in [4.69, 9.17) is 10.5 Å². The molecule has 132 valence electrons. The van der Waals surface area contributed by atoms with Gasteiger partial charge in [-0.2, -0.15) is 5.10 Å². The van der Waals surface area contributed by atoms with Crippen LogP contribution in [0.3, 0.4) is 0 Å². The number of carbonyl (C=O) groups excluding carboxylic acids is 2. The molecular formula is C17H21N5O3. The molecule has 1 aliphatic heterocycles. The molecular weight excluding hydrogens is 322 g/mol. The van der Waals surface area contributed by atoms with Crippen molar-refractivity contribution in [3.05, 3.63) is 42.7 Å². The Kier molecular flexibility index (Phi) is 4.99. The lowest BCUT2D eigenvalue weighted by Crippen LogP contribution is -2.52. The maximum atomic E-state index is 13.0. The number of aromatic nitrogens is 2. The van der Waals surface area contributed by atoms with Crippen LogP contribution in [-0.2, 0) is 15.1 Å². The second-order valence-electron chi connectivity index (χ2n) is 5.97. The average molecular weight is 343 g/mol. The molecule has 0 unspecified atom stereocenters.